The number of hydrogen-bond donors (Lipinski definition) is 2. The SMILES string of the molecule is O=C(c1[nH]c(=O)n(-c2ccccc2)c1CC1CC1)N1CCNCC1. The molecule has 4 rings (SSSR count). The molecule has 1 aromatic carbocycles. The number of imidazole rings is 1. The van der Waals surface area contributed by atoms with Crippen molar-refractivity contribution in [3.8, 4) is 5.69 Å². The fraction of sp³-hybridized carbons (Fsp3) is 0.444. The number of aromatic nitrogens is 2. The van der Waals surface area contributed by atoms with Gasteiger partial charge in [0.2, 0.25) is 0 Å². The first-order chi connectivity index (χ1) is 11.7. The number of carbonyl (C=O) groups excluding carboxylic acids is 1. The number of aromatic amines is 1. The predicted molar refractivity (Wildman–Crippen MR) is 91.6 cm³/mol. The molecule has 2 N–H and O–H groups in total. The van der Waals surface area contributed by atoms with Crippen molar-refractivity contribution in [2.45, 2.75) is 19.3 Å². The lowest BCUT2D eigenvalue weighted by molar-refractivity contribution is 0.0729. The van der Waals surface area contributed by atoms with Crippen molar-refractivity contribution in [2.24, 2.45) is 5.92 Å². The minimum atomic E-state index is -0.227. The summed E-state index contributed by atoms with van der Waals surface area (Å²) >= 11 is 0. The van der Waals surface area contributed by atoms with Gasteiger partial charge in [-0.25, -0.2) is 4.79 Å². The fourth-order valence-corrected chi connectivity index (χ4v) is 3.31. The largest absolute Gasteiger partial charge is 0.335 e. The maximum Gasteiger partial charge on any atom is 0.330 e. The number of nitrogens with one attached hydrogen (secondary N) is 2. The van der Waals surface area contributed by atoms with Crippen molar-refractivity contribution in [2.75, 3.05) is 26.2 Å². The molecule has 2 aromatic rings. The van der Waals surface area contributed by atoms with E-state index in [-0.39, 0.29) is 11.6 Å². The molecule has 0 spiro atoms. The maximum absolute atomic E-state index is 12.9. The number of hydrogen-bond acceptors (Lipinski definition) is 3. The zero-order chi connectivity index (χ0) is 16.5. The van der Waals surface area contributed by atoms with Gasteiger partial charge in [-0.1, -0.05) is 18.2 Å². The molecule has 2 aliphatic rings. The molecule has 0 atom stereocenters. The Morgan fingerprint density at radius 1 is 1.12 bits per heavy atom. The maximum atomic E-state index is 12.9. The first kappa shape index (κ1) is 15.2. The zero-order valence-electron chi connectivity index (χ0n) is 13.6. The molecule has 2 fully saturated rings. The minimum absolute atomic E-state index is 0.0565. The van der Waals surface area contributed by atoms with Gasteiger partial charge in [0.15, 0.2) is 0 Å². The minimum Gasteiger partial charge on any atom is -0.335 e. The fourth-order valence-electron chi connectivity index (χ4n) is 3.31. The Labute approximate surface area is 140 Å². The number of piperazine rings is 1. The molecular formula is C18H22N4O2. The van der Waals surface area contributed by atoms with Gasteiger partial charge in [0.25, 0.3) is 5.91 Å². The van der Waals surface area contributed by atoms with Crippen LogP contribution in [0.1, 0.15) is 29.0 Å². The number of carbonyl (C=O) groups is 1. The van der Waals surface area contributed by atoms with Gasteiger partial charge < -0.3 is 15.2 Å². The average molecular weight is 326 g/mol. The van der Waals surface area contributed by atoms with E-state index in [0.29, 0.717) is 24.7 Å². The molecule has 6 nitrogen and oxygen atoms in total. The Hall–Kier alpha value is -2.34. The van der Waals surface area contributed by atoms with Crippen molar-refractivity contribution in [3.05, 3.63) is 52.2 Å². The molecule has 1 aliphatic heterocycles. The van der Waals surface area contributed by atoms with Crippen LogP contribution in [0.25, 0.3) is 5.69 Å². The predicted octanol–water partition coefficient (Wildman–Crippen LogP) is 1.16. The highest BCUT2D eigenvalue weighted by Crippen LogP contribution is 2.33. The lowest BCUT2D eigenvalue weighted by Crippen LogP contribution is -2.46. The van der Waals surface area contributed by atoms with Crippen LogP contribution in [0.2, 0.25) is 0 Å². The van der Waals surface area contributed by atoms with E-state index in [1.807, 2.05) is 35.2 Å². The number of rotatable bonds is 4. The average Bonchev–Trinajstić information content (AvgIpc) is 3.38. The third-order valence-corrected chi connectivity index (χ3v) is 4.80. The van der Waals surface area contributed by atoms with Crippen LogP contribution in [0.5, 0.6) is 0 Å². The van der Waals surface area contributed by atoms with Gasteiger partial charge in [-0.2, -0.15) is 0 Å². The molecule has 0 bridgehead atoms. The van der Waals surface area contributed by atoms with E-state index in [2.05, 4.69) is 10.3 Å². The van der Waals surface area contributed by atoms with E-state index < -0.39 is 0 Å². The van der Waals surface area contributed by atoms with Crippen LogP contribution in [-0.2, 0) is 6.42 Å². The van der Waals surface area contributed by atoms with Gasteiger partial charge in [-0.3, -0.25) is 9.36 Å². The molecule has 0 unspecified atom stereocenters. The summed E-state index contributed by atoms with van der Waals surface area (Å²) in [5.41, 5.74) is 1.89. The van der Waals surface area contributed by atoms with E-state index in [0.717, 1.165) is 30.9 Å². The monoisotopic (exact) mass is 326 g/mol. The molecule has 6 heteroatoms. The quantitative estimate of drug-likeness (QED) is 0.886. The first-order valence-electron chi connectivity index (χ1n) is 8.63. The highest BCUT2D eigenvalue weighted by Gasteiger charge is 2.30. The second kappa shape index (κ2) is 6.28. The topological polar surface area (TPSA) is 70.1 Å². The van der Waals surface area contributed by atoms with E-state index in [9.17, 15) is 9.59 Å². The summed E-state index contributed by atoms with van der Waals surface area (Å²) in [6.07, 6.45) is 3.13. The van der Waals surface area contributed by atoms with Crippen molar-refractivity contribution >= 4 is 5.91 Å². The van der Waals surface area contributed by atoms with Crippen LogP contribution in [0.15, 0.2) is 35.1 Å². The van der Waals surface area contributed by atoms with Crippen molar-refractivity contribution < 1.29 is 4.79 Å². The molecule has 2 heterocycles. The van der Waals surface area contributed by atoms with Gasteiger partial charge >= 0.3 is 5.69 Å². The molecule has 1 saturated heterocycles. The Kier molecular flexibility index (Phi) is 3.98. The van der Waals surface area contributed by atoms with Crippen LogP contribution in [0.4, 0.5) is 0 Å². The van der Waals surface area contributed by atoms with Crippen LogP contribution in [0.3, 0.4) is 0 Å². The molecule has 1 amide bonds. The Morgan fingerprint density at radius 2 is 1.83 bits per heavy atom. The van der Waals surface area contributed by atoms with Crippen molar-refractivity contribution in [1.29, 1.82) is 0 Å². The summed E-state index contributed by atoms with van der Waals surface area (Å²) in [4.78, 5) is 30.2. The van der Waals surface area contributed by atoms with E-state index in [1.165, 1.54) is 12.8 Å². The zero-order valence-corrected chi connectivity index (χ0v) is 13.6. The normalized spacial score (nSPS) is 17.9. The summed E-state index contributed by atoms with van der Waals surface area (Å²) in [6.45, 7) is 2.96. The first-order valence-corrected chi connectivity index (χ1v) is 8.63. The van der Waals surface area contributed by atoms with Gasteiger partial charge in [-0.15, -0.1) is 0 Å². The smallest absolute Gasteiger partial charge is 0.330 e. The van der Waals surface area contributed by atoms with E-state index >= 15 is 0 Å². The Morgan fingerprint density at radius 3 is 2.50 bits per heavy atom. The lowest BCUT2D eigenvalue weighted by Gasteiger charge is -2.27. The number of H-pyrrole nitrogens is 1. The third-order valence-electron chi connectivity index (χ3n) is 4.80. The van der Waals surface area contributed by atoms with E-state index in [4.69, 9.17) is 0 Å². The standard InChI is InChI=1S/C18H22N4O2/c23-17(21-10-8-19-9-11-21)16-15(12-13-6-7-13)22(18(24)20-16)14-4-2-1-3-5-14/h1-5,13,19H,6-12H2,(H,20,24). The van der Waals surface area contributed by atoms with Crippen LogP contribution in [0, 0.1) is 5.92 Å². The highest BCUT2D eigenvalue weighted by atomic mass is 16.2. The summed E-state index contributed by atoms with van der Waals surface area (Å²) in [6, 6.07) is 9.56. The molecule has 1 aliphatic carbocycles. The number of nitrogens with zero attached hydrogens (tertiary/aromatic N) is 2. The Bertz CT molecular complexity index is 783. The van der Waals surface area contributed by atoms with Gasteiger partial charge in [-0.05, 0) is 37.3 Å². The van der Waals surface area contributed by atoms with Crippen LogP contribution < -0.4 is 11.0 Å². The lowest BCUT2D eigenvalue weighted by atomic mass is 10.1. The number of para-hydroxylation sites is 1. The molecule has 24 heavy (non-hydrogen) atoms. The van der Waals surface area contributed by atoms with Crippen molar-refractivity contribution in [1.82, 2.24) is 19.8 Å². The van der Waals surface area contributed by atoms with Crippen LogP contribution >= 0.6 is 0 Å². The summed E-state index contributed by atoms with van der Waals surface area (Å²) in [5, 5.41) is 3.25. The Balaban J connectivity index is 1.76. The van der Waals surface area contributed by atoms with Gasteiger partial charge in [0.1, 0.15) is 5.69 Å². The summed E-state index contributed by atoms with van der Waals surface area (Å²) in [7, 11) is 0. The molecule has 0 radical (unpaired) electrons. The van der Waals surface area contributed by atoms with E-state index in [1.54, 1.807) is 4.57 Å². The number of amides is 1. The second-order valence-corrected chi connectivity index (χ2v) is 6.61. The molecule has 1 aromatic heterocycles. The van der Waals surface area contributed by atoms with Gasteiger partial charge in [0, 0.05) is 26.2 Å². The van der Waals surface area contributed by atoms with Crippen molar-refractivity contribution in [3.63, 3.8) is 0 Å². The second-order valence-electron chi connectivity index (χ2n) is 6.61. The van der Waals surface area contributed by atoms with Crippen LogP contribution in [-0.4, -0.2) is 46.5 Å². The molecular weight excluding hydrogens is 304 g/mol. The van der Waals surface area contributed by atoms with Gasteiger partial charge in [0.05, 0.1) is 11.4 Å². The summed E-state index contributed by atoms with van der Waals surface area (Å²) in [5.74, 6) is 0.531. The summed E-state index contributed by atoms with van der Waals surface area (Å²) < 4.78 is 1.67. The molecule has 1 saturated carbocycles. The number of benzene rings is 1. The highest BCUT2D eigenvalue weighted by molar-refractivity contribution is 5.93. The molecule has 126 valence electrons. The third kappa shape index (κ3) is 2.89.